The third kappa shape index (κ3) is 2.74. The van der Waals surface area contributed by atoms with E-state index in [9.17, 15) is 4.79 Å². The second-order valence-corrected chi connectivity index (χ2v) is 6.26. The Morgan fingerprint density at radius 2 is 2.00 bits per heavy atom. The number of carbonyl (C=O) groups excluding carboxylic acids is 1. The fourth-order valence-corrected chi connectivity index (χ4v) is 3.62. The fraction of sp³-hybridized carbons (Fsp3) is 0.529. The number of hydrogen-bond donors (Lipinski definition) is 2. The van der Waals surface area contributed by atoms with Crippen LogP contribution in [0.2, 0.25) is 0 Å². The van der Waals surface area contributed by atoms with Crippen LogP contribution in [-0.2, 0) is 6.42 Å². The quantitative estimate of drug-likeness (QED) is 0.900. The molecule has 1 unspecified atom stereocenters. The molecule has 2 N–H and O–H groups in total. The number of nitrogens with one attached hydrogen (secondary N) is 2. The van der Waals surface area contributed by atoms with E-state index in [4.69, 9.17) is 10.00 Å². The third-order valence-electron chi connectivity index (χ3n) is 4.99. The average Bonchev–Trinajstić information content (AvgIpc) is 2.84. The Balaban J connectivity index is 1.73. The van der Waals surface area contributed by atoms with E-state index in [0.29, 0.717) is 0 Å². The number of benzene rings is 1. The van der Waals surface area contributed by atoms with E-state index in [-0.39, 0.29) is 23.5 Å². The normalized spacial score (nSPS) is 30.5. The van der Waals surface area contributed by atoms with E-state index < -0.39 is 0 Å². The van der Waals surface area contributed by atoms with Gasteiger partial charge in [0.25, 0.3) is 0 Å². The molecule has 1 aromatic carbocycles. The van der Waals surface area contributed by atoms with Gasteiger partial charge in [-0.1, -0.05) is 12.1 Å². The molecule has 1 saturated carbocycles. The van der Waals surface area contributed by atoms with Crippen LogP contribution in [-0.4, -0.2) is 24.7 Å². The second kappa shape index (κ2) is 5.88. The van der Waals surface area contributed by atoms with Crippen LogP contribution < -0.4 is 15.4 Å². The van der Waals surface area contributed by atoms with Crippen molar-refractivity contribution in [1.29, 1.82) is 5.26 Å². The van der Waals surface area contributed by atoms with Gasteiger partial charge in [0.05, 0.1) is 24.8 Å². The Morgan fingerprint density at radius 1 is 1.32 bits per heavy atom. The van der Waals surface area contributed by atoms with Gasteiger partial charge in [0, 0.05) is 5.92 Å². The minimum atomic E-state index is -0.204. The lowest BCUT2D eigenvalue weighted by atomic mass is 9.72. The van der Waals surface area contributed by atoms with Crippen molar-refractivity contribution in [2.75, 3.05) is 7.11 Å². The smallest absolute Gasteiger partial charge is 0.315 e. The number of hydrogen-bond acceptors (Lipinski definition) is 3. The van der Waals surface area contributed by atoms with E-state index in [1.807, 2.05) is 24.3 Å². The minimum absolute atomic E-state index is 0.0769. The first-order valence-electron chi connectivity index (χ1n) is 7.76. The summed E-state index contributed by atoms with van der Waals surface area (Å²) in [5.74, 6) is 0.964. The van der Waals surface area contributed by atoms with Crippen LogP contribution >= 0.6 is 0 Å². The van der Waals surface area contributed by atoms with Gasteiger partial charge in [-0.3, -0.25) is 0 Å². The van der Waals surface area contributed by atoms with Gasteiger partial charge < -0.3 is 15.4 Å². The van der Waals surface area contributed by atoms with Crippen molar-refractivity contribution in [3.8, 4) is 11.8 Å². The molecule has 22 heavy (non-hydrogen) atoms. The van der Waals surface area contributed by atoms with Crippen LogP contribution in [0.1, 0.15) is 31.2 Å². The largest absolute Gasteiger partial charge is 0.497 e. The van der Waals surface area contributed by atoms with Crippen LogP contribution in [0.4, 0.5) is 4.79 Å². The van der Waals surface area contributed by atoms with Crippen molar-refractivity contribution in [3.63, 3.8) is 0 Å². The van der Waals surface area contributed by atoms with E-state index in [1.165, 1.54) is 5.56 Å². The molecule has 2 fully saturated rings. The molecule has 0 aromatic heterocycles. The minimum Gasteiger partial charge on any atom is -0.497 e. The van der Waals surface area contributed by atoms with Gasteiger partial charge in [-0.05, 0) is 49.8 Å². The number of amides is 2. The summed E-state index contributed by atoms with van der Waals surface area (Å²) in [7, 11) is 1.65. The molecule has 1 spiro atoms. The molecule has 1 atom stereocenters. The number of rotatable bonds is 3. The number of carbonyl (C=O) groups is 1. The maximum atomic E-state index is 11.9. The zero-order valence-electron chi connectivity index (χ0n) is 12.8. The molecule has 1 aliphatic carbocycles. The lowest BCUT2D eigenvalue weighted by molar-refractivity contribution is 0.205. The van der Waals surface area contributed by atoms with Crippen molar-refractivity contribution in [3.05, 3.63) is 29.8 Å². The Bertz CT molecular complexity index is 583. The number of methoxy groups -OCH3 is 1. The van der Waals surface area contributed by atoms with Crippen LogP contribution in [0.15, 0.2) is 24.3 Å². The molecule has 5 nitrogen and oxygen atoms in total. The van der Waals surface area contributed by atoms with Gasteiger partial charge >= 0.3 is 6.03 Å². The number of ether oxygens (including phenoxy) is 1. The lowest BCUT2D eigenvalue weighted by Crippen LogP contribution is -2.52. The lowest BCUT2D eigenvalue weighted by Gasteiger charge is -2.39. The maximum absolute atomic E-state index is 11.9. The highest BCUT2D eigenvalue weighted by atomic mass is 16.5. The van der Waals surface area contributed by atoms with Gasteiger partial charge in [0.15, 0.2) is 0 Å². The zero-order chi connectivity index (χ0) is 15.6. The first-order chi connectivity index (χ1) is 10.6. The SMILES string of the molecule is COc1ccc(CC2NC(=O)NC23CCC(C#N)CC3)cc1. The predicted octanol–water partition coefficient (Wildman–Crippen LogP) is 2.37. The highest BCUT2D eigenvalue weighted by Gasteiger charge is 2.48. The second-order valence-electron chi connectivity index (χ2n) is 6.26. The van der Waals surface area contributed by atoms with Crippen molar-refractivity contribution in [1.82, 2.24) is 10.6 Å². The summed E-state index contributed by atoms with van der Waals surface area (Å²) in [5.41, 5.74) is 0.973. The summed E-state index contributed by atoms with van der Waals surface area (Å²) >= 11 is 0. The van der Waals surface area contributed by atoms with Crippen molar-refractivity contribution in [2.45, 2.75) is 43.7 Å². The third-order valence-corrected chi connectivity index (χ3v) is 4.99. The fourth-order valence-electron chi connectivity index (χ4n) is 3.62. The van der Waals surface area contributed by atoms with E-state index in [2.05, 4.69) is 16.7 Å². The molecular formula is C17H21N3O2. The average molecular weight is 299 g/mol. The van der Waals surface area contributed by atoms with Gasteiger partial charge in [0.1, 0.15) is 5.75 Å². The summed E-state index contributed by atoms with van der Waals surface area (Å²) in [4.78, 5) is 11.9. The van der Waals surface area contributed by atoms with Gasteiger partial charge in [0.2, 0.25) is 0 Å². The molecule has 2 amide bonds. The number of nitriles is 1. The van der Waals surface area contributed by atoms with Crippen LogP contribution in [0.25, 0.3) is 0 Å². The van der Waals surface area contributed by atoms with E-state index >= 15 is 0 Å². The molecule has 5 heteroatoms. The molecule has 1 heterocycles. The first-order valence-corrected chi connectivity index (χ1v) is 7.76. The van der Waals surface area contributed by atoms with Gasteiger partial charge in [-0.2, -0.15) is 5.26 Å². The molecule has 2 aliphatic rings. The van der Waals surface area contributed by atoms with E-state index in [0.717, 1.165) is 37.9 Å². The van der Waals surface area contributed by atoms with Crippen molar-refractivity contribution in [2.24, 2.45) is 5.92 Å². The molecule has 1 aliphatic heterocycles. The van der Waals surface area contributed by atoms with Crippen LogP contribution in [0.3, 0.4) is 0 Å². The van der Waals surface area contributed by atoms with Gasteiger partial charge in [-0.25, -0.2) is 4.79 Å². The highest BCUT2D eigenvalue weighted by Crippen LogP contribution is 2.37. The topological polar surface area (TPSA) is 74.2 Å². The first kappa shape index (κ1) is 14.7. The molecule has 0 radical (unpaired) electrons. The molecule has 116 valence electrons. The number of urea groups is 1. The maximum Gasteiger partial charge on any atom is 0.315 e. The number of nitrogens with zero attached hydrogens (tertiary/aromatic N) is 1. The summed E-state index contributed by atoms with van der Waals surface area (Å²) < 4.78 is 5.18. The highest BCUT2D eigenvalue weighted by molar-refractivity contribution is 5.78. The Hall–Kier alpha value is -2.22. The summed E-state index contributed by atoms with van der Waals surface area (Å²) in [6, 6.07) is 10.3. The molecule has 1 aromatic rings. The summed E-state index contributed by atoms with van der Waals surface area (Å²) in [5, 5.41) is 15.2. The summed E-state index contributed by atoms with van der Waals surface area (Å²) in [6.07, 6.45) is 4.24. The Labute approximate surface area is 130 Å². The molecule has 3 rings (SSSR count). The van der Waals surface area contributed by atoms with Crippen LogP contribution in [0.5, 0.6) is 5.75 Å². The standard InChI is InChI=1S/C17H21N3O2/c1-22-14-4-2-12(3-5-14)10-15-17(20-16(21)19-15)8-6-13(11-18)7-9-17/h2-5,13,15H,6-10H2,1H3,(H2,19,20,21). The van der Waals surface area contributed by atoms with Crippen molar-refractivity contribution < 1.29 is 9.53 Å². The monoisotopic (exact) mass is 299 g/mol. The van der Waals surface area contributed by atoms with Gasteiger partial charge in [-0.15, -0.1) is 0 Å². The van der Waals surface area contributed by atoms with Crippen LogP contribution in [0, 0.1) is 17.2 Å². The zero-order valence-corrected chi connectivity index (χ0v) is 12.8. The summed E-state index contributed by atoms with van der Waals surface area (Å²) in [6.45, 7) is 0. The molecule has 0 bridgehead atoms. The molecule has 1 saturated heterocycles. The molecular weight excluding hydrogens is 278 g/mol. The van der Waals surface area contributed by atoms with Crippen molar-refractivity contribution >= 4 is 6.03 Å². The Kier molecular flexibility index (Phi) is 3.93. The van der Waals surface area contributed by atoms with E-state index in [1.54, 1.807) is 7.11 Å². The predicted molar refractivity (Wildman–Crippen MR) is 82.5 cm³/mol. The Morgan fingerprint density at radius 3 is 2.59 bits per heavy atom.